The summed E-state index contributed by atoms with van der Waals surface area (Å²) >= 11 is 0. The molecule has 1 heterocycles. The van der Waals surface area contributed by atoms with Crippen molar-refractivity contribution in [3.63, 3.8) is 0 Å². The zero-order chi connectivity index (χ0) is 20.3. The number of nitrogens with one attached hydrogen (secondary N) is 1. The number of nitriles is 1. The molecule has 3 rings (SSSR count). The van der Waals surface area contributed by atoms with E-state index in [2.05, 4.69) is 16.0 Å². The van der Waals surface area contributed by atoms with Gasteiger partial charge in [0.1, 0.15) is 11.9 Å². The Labute approximate surface area is 161 Å². The molecule has 0 atom stereocenters. The fraction of sp³-hybridized carbons (Fsp3) is 0.190. The second kappa shape index (κ2) is 7.84. The number of carboxylic acid groups (broad SMARTS) is 1. The summed E-state index contributed by atoms with van der Waals surface area (Å²) in [5.41, 5.74) is 4.66. The van der Waals surface area contributed by atoms with E-state index < -0.39 is 12.6 Å². The van der Waals surface area contributed by atoms with E-state index in [1.165, 1.54) is 7.11 Å². The smallest absolute Gasteiger partial charge is 0.341 e. The Bertz CT molecular complexity index is 1080. The van der Waals surface area contributed by atoms with Crippen molar-refractivity contribution >= 4 is 28.7 Å². The molecule has 0 spiro atoms. The van der Waals surface area contributed by atoms with Crippen molar-refractivity contribution in [3.8, 4) is 17.6 Å². The molecule has 0 unspecified atom stereocenters. The first kappa shape index (κ1) is 19.0. The fourth-order valence-electron chi connectivity index (χ4n) is 2.80. The van der Waals surface area contributed by atoms with E-state index in [4.69, 9.17) is 14.6 Å². The predicted octanol–water partition coefficient (Wildman–Crippen LogP) is 3.72. The van der Waals surface area contributed by atoms with Crippen LogP contribution in [0.2, 0.25) is 0 Å². The Morgan fingerprint density at radius 1 is 1.32 bits per heavy atom. The lowest BCUT2D eigenvalue weighted by molar-refractivity contribution is -0.139. The number of hydrogen-bond acceptors (Lipinski definition) is 5. The number of rotatable bonds is 6. The second-order valence-corrected chi connectivity index (χ2v) is 6.27. The first-order valence-electron chi connectivity index (χ1n) is 8.53. The summed E-state index contributed by atoms with van der Waals surface area (Å²) in [6.45, 7) is 3.50. The summed E-state index contributed by atoms with van der Waals surface area (Å²) in [7, 11) is 1.46. The molecule has 0 saturated heterocycles. The monoisotopic (exact) mass is 377 g/mol. The molecule has 2 aromatic carbocycles. The zero-order valence-corrected chi connectivity index (χ0v) is 15.7. The van der Waals surface area contributed by atoms with Crippen LogP contribution in [0.4, 0.5) is 0 Å². The topological polar surface area (TPSA) is 108 Å². The van der Waals surface area contributed by atoms with Crippen molar-refractivity contribution in [2.45, 2.75) is 13.8 Å². The van der Waals surface area contributed by atoms with Gasteiger partial charge in [-0.25, -0.2) is 9.78 Å². The van der Waals surface area contributed by atoms with Gasteiger partial charge in [0.25, 0.3) is 0 Å². The van der Waals surface area contributed by atoms with Crippen LogP contribution < -0.4 is 9.47 Å². The molecule has 0 aliphatic heterocycles. The molecule has 2 N–H and O–H groups in total. The van der Waals surface area contributed by atoms with Crippen LogP contribution in [0.15, 0.2) is 30.3 Å². The van der Waals surface area contributed by atoms with Crippen LogP contribution in [-0.4, -0.2) is 34.8 Å². The molecule has 3 aromatic rings. The third kappa shape index (κ3) is 3.81. The maximum atomic E-state index is 10.9. The van der Waals surface area contributed by atoms with Crippen molar-refractivity contribution in [2.75, 3.05) is 13.7 Å². The third-order valence-electron chi connectivity index (χ3n) is 4.34. The molecular formula is C21H19N3O4. The van der Waals surface area contributed by atoms with Crippen LogP contribution in [0.5, 0.6) is 11.5 Å². The van der Waals surface area contributed by atoms with Gasteiger partial charge in [-0.3, -0.25) is 0 Å². The highest BCUT2D eigenvalue weighted by Crippen LogP contribution is 2.33. The summed E-state index contributed by atoms with van der Waals surface area (Å²) in [4.78, 5) is 18.6. The number of H-pyrrole nitrogens is 1. The number of hydrogen-bond donors (Lipinski definition) is 2. The average Bonchev–Trinajstić information content (AvgIpc) is 3.07. The van der Waals surface area contributed by atoms with Crippen molar-refractivity contribution in [2.24, 2.45) is 0 Å². The van der Waals surface area contributed by atoms with Gasteiger partial charge >= 0.3 is 5.97 Å². The number of carboxylic acids is 1. The van der Waals surface area contributed by atoms with E-state index in [1.807, 2.05) is 26.0 Å². The van der Waals surface area contributed by atoms with Gasteiger partial charge in [-0.1, -0.05) is 12.1 Å². The number of para-hydroxylation sites is 1. The zero-order valence-electron chi connectivity index (χ0n) is 15.7. The van der Waals surface area contributed by atoms with Crippen LogP contribution in [0.1, 0.15) is 22.5 Å². The van der Waals surface area contributed by atoms with Gasteiger partial charge in [0, 0.05) is 5.56 Å². The van der Waals surface area contributed by atoms with Crippen LogP contribution in [-0.2, 0) is 4.79 Å². The van der Waals surface area contributed by atoms with Gasteiger partial charge in [-0.2, -0.15) is 5.26 Å². The van der Waals surface area contributed by atoms with E-state index >= 15 is 0 Å². The highest BCUT2D eigenvalue weighted by Gasteiger charge is 2.14. The molecule has 0 aliphatic carbocycles. The summed E-state index contributed by atoms with van der Waals surface area (Å²) in [6, 6.07) is 11.2. The molecule has 0 bridgehead atoms. The number of aryl methyl sites for hydroxylation is 2. The molecule has 7 nitrogen and oxygen atoms in total. The number of benzene rings is 2. The van der Waals surface area contributed by atoms with Gasteiger partial charge in [0.15, 0.2) is 18.1 Å². The minimum Gasteiger partial charge on any atom is -0.493 e. The maximum absolute atomic E-state index is 10.9. The van der Waals surface area contributed by atoms with Gasteiger partial charge in [-0.15, -0.1) is 0 Å². The van der Waals surface area contributed by atoms with E-state index in [0.717, 1.165) is 22.2 Å². The van der Waals surface area contributed by atoms with Crippen LogP contribution in [0, 0.1) is 25.2 Å². The number of ether oxygens (including phenoxy) is 2. The molecular weight excluding hydrogens is 358 g/mol. The quantitative estimate of drug-likeness (QED) is 0.634. The number of aliphatic carboxylic acids is 1. The highest BCUT2D eigenvalue weighted by atomic mass is 16.5. The molecule has 28 heavy (non-hydrogen) atoms. The Morgan fingerprint density at radius 3 is 2.75 bits per heavy atom. The van der Waals surface area contributed by atoms with Crippen LogP contribution in [0.3, 0.4) is 0 Å². The standard InChI is InChI=1S/C21H19N3O4/c1-12-7-16-17(8-13(12)2)24-21(23-16)15(10-22)9-14-5-4-6-18(27-3)20(14)28-11-19(25)26/h4-9H,11H2,1-3H3,(H,23,24)(H,25,26). The number of fused-ring (bicyclic) bond motifs is 1. The lowest BCUT2D eigenvalue weighted by atomic mass is 10.1. The molecule has 0 amide bonds. The summed E-state index contributed by atoms with van der Waals surface area (Å²) < 4.78 is 10.6. The number of carbonyl (C=O) groups is 1. The lowest BCUT2D eigenvalue weighted by Crippen LogP contribution is -2.10. The van der Waals surface area contributed by atoms with Crippen LogP contribution in [0.25, 0.3) is 22.7 Å². The molecule has 142 valence electrons. The average molecular weight is 377 g/mol. The maximum Gasteiger partial charge on any atom is 0.341 e. The van der Waals surface area contributed by atoms with Crippen molar-refractivity contribution in [3.05, 3.63) is 52.8 Å². The molecule has 0 saturated carbocycles. The van der Waals surface area contributed by atoms with Crippen molar-refractivity contribution < 1.29 is 19.4 Å². The van der Waals surface area contributed by atoms with Crippen molar-refractivity contribution in [1.82, 2.24) is 9.97 Å². The van der Waals surface area contributed by atoms with E-state index in [-0.39, 0.29) is 5.75 Å². The number of aromatic amines is 1. The first-order valence-corrected chi connectivity index (χ1v) is 8.53. The van der Waals surface area contributed by atoms with Gasteiger partial charge < -0.3 is 19.6 Å². The number of methoxy groups -OCH3 is 1. The number of aromatic nitrogens is 2. The third-order valence-corrected chi connectivity index (χ3v) is 4.34. The van der Waals surface area contributed by atoms with Crippen LogP contribution >= 0.6 is 0 Å². The van der Waals surface area contributed by atoms with E-state index in [9.17, 15) is 10.1 Å². The Morgan fingerprint density at radius 2 is 2.07 bits per heavy atom. The van der Waals surface area contributed by atoms with Gasteiger partial charge in [0.2, 0.25) is 0 Å². The highest BCUT2D eigenvalue weighted by molar-refractivity contribution is 5.91. The summed E-state index contributed by atoms with van der Waals surface area (Å²) in [6.07, 6.45) is 1.59. The Kier molecular flexibility index (Phi) is 5.32. The minimum absolute atomic E-state index is 0.253. The first-order chi connectivity index (χ1) is 13.4. The predicted molar refractivity (Wildman–Crippen MR) is 105 cm³/mol. The molecule has 0 aliphatic rings. The minimum atomic E-state index is -1.11. The summed E-state index contributed by atoms with van der Waals surface area (Å²) in [5, 5.41) is 18.6. The number of allylic oxidation sites excluding steroid dienone is 1. The number of imidazole rings is 1. The molecule has 0 radical (unpaired) electrons. The molecule has 7 heteroatoms. The van der Waals surface area contributed by atoms with Gasteiger partial charge in [0.05, 0.1) is 23.7 Å². The normalized spacial score (nSPS) is 11.3. The molecule has 1 aromatic heterocycles. The largest absolute Gasteiger partial charge is 0.493 e. The summed E-state index contributed by atoms with van der Waals surface area (Å²) in [5.74, 6) is -0.0510. The van der Waals surface area contributed by atoms with Crippen molar-refractivity contribution in [1.29, 1.82) is 5.26 Å². The number of nitrogens with zero attached hydrogens (tertiary/aromatic N) is 2. The second-order valence-electron chi connectivity index (χ2n) is 6.27. The van der Waals surface area contributed by atoms with E-state index in [0.29, 0.717) is 22.7 Å². The Hall–Kier alpha value is -3.79. The van der Waals surface area contributed by atoms with Gasteiger partial charge in [-0.05, 0) is 49.2 Å². The Balaban J connectivity index is 2.08. The van der Waals surface area contributed by atoms with E-state index in [1.54, 1.807) is 24.3 Å². The molecule has 0 fully saturated rings. The lowest BCUT2D eigenvalue weighted by Gasteiger charge is -2.12. The fourth-order valence-corrected chi connectivity index (χ4v) is 2.80. The SMILES string of the molecule is COc1cccc(C=C(C#N)c2nc3cc(C)c(C)cc3[nH]2)c1OCC(=O)O.